The lowest BCUT2D eigenvalue weighted by Gasteiger charge is -2.29. The molecule has 0 bridgehead atoms. The van der Waals surface area contributed by atoms with Crippen molar-refractivity contribution < 1.29 is 38.5 Å². The Kier molecular flexibility index (Phi) is 5.66. The molecule has 0 spiro atoms. The van der Waals surface area contributed by atoms with Crippen LogP contribution in [0.15, 0.2) is 41.3 Å². The largest absolute Gasteiger partial charge is 0.507 e. The van der Waals surface area contributed by atoms with Crippen LogP contribution < -0.4 is 15.4 Å². The lowest BCUT2D eigenvalue weighted by atomic mass is 9.70. The second-order valence-corrected chi connectivity index (χ2v) is 9.88. The van der Waals surface area contributed by atoms with Gasteiger partial charge in [0.15, 0.2) is 17.3 Å². The van der Waals surface area contributed by atoms with E-state index in [0.717, 1.165) is 6.08 Å². The Hall–Kier alpha value is -4.47. The van der Waals surface area contributed by atoms with Crippen LogP contribution in [-0.2, 0) is 19.8 Å². The van der Waals surface area contributed by atoms with Crippen molar-refractivity contribution in [1.29, 1.82) is 0 Å². The first kappa shape index (κ1) is 25.2. The van der Waals surface area contributed by atoms with Crippen molar-refractivity contribution in [2.75, 3.05) is 11.9 Å². The normalized spacial score (nSPS) is 22.7. The molecule has 3 aliphatic rings. The van der Waals surface area contributed by atoms with Crippen molar-refractivity contribution in [3.63, 3.8) is 0 Å². The van der Waals surface area contributed by atoms with Crippen LogP contribution in [0.4, 0.5) is 10.1 Å². The predicted molar refractivity (Wildman–Crippen MR) is 134 cm³/mol. The van der Waals surface area contributed by atoms with Crippen LogP contribution in [0.3, 0.4) is 0 Å². The number of benzene rings is 2. The molecular weight excluding hydrogens is 495 g/mol. The average Bonchev–Trinajstić information content (AvgIpc) is 3.31. The molecule has 0 saturated heterocycles. The summed E-state index contributed by atoms with van der Waals surface area (Å²) in [6.45, 7) is 5.87. The molecular formula is C28H25FN2O7. The highest BCUT2D eigenvalue weighted by atomic mass is 19.1. The van der Waals surface area contributed by atoms with E-state index in [1.54, 1.807) is 6.92 Å². The van der Waals surface area contributed by atoms with Gasteiger partial charge in [-0.2, -0.15) is 0 Å². The zero-order chi connectivity index (χ0) is 27.7. The predicted octanol–water partition coefficient (Wildman–Crippen LogP) is 3.42. The van der Waals surface area contributed by atoms with Crippen LogP contribution in [0.2, 0.25) is 0 Å². The third kappa shape index (κ3) is 3.43. The summed E-state index contributed by atoms with van der Waals surface area (Å²) >= 11 is 0. The number of fused-ring (bicyclic) bond motifs is 4. The van der Waals surface area contributed by atoms with Gasteiger partial charge in [-0.3, -0.25) is 19.2 Å². The van der Waals surface area contributed by atoms with Gasteiger partial charge >= 0.3 is 0 Å². The summed E-state index contributed by atoms with van der Waals surface area (Å²) in [5.74, 6) is -4.19. The highest BCUT2D eigenvalue weighted by Crippen LogP contribution is 2.57. The van der Waals surface area contributed by atoms with E-state index in [0.29, 0.717) is 11.3 Å². The number of ether oxygens (including phenoxy) is 1. The van der Waals surface area contributed by atoms with Crippen molar-refractivity contribution in [1.82, 2.24) is 5.32 Å². The Morgan fingerprint density at radius 2 is 1.89 bits per heavy atom. The van der Waals surface area contributed by atoms with Crippen LogP contribution in [-0.4, -0.2) is 40.0 Å². The number of aromatic hydroxyl groups is 2. The third-order valence-electron chi connectivity index (χ3n) is 7.55. The van der Waals surface area contributed by atoms with Crippen LogP contribution in [0.25, 0.3) is 0 Å². The molecule has 5 rings (SSSR count). The van der Waals surface area contributed by atoms with E-state index < -0.39 is 46.0 Å². The van der Waals surface area contributed by atoms with Gasteiger partial charge in [-0.05, 0) is 57.9 Å². The number of rotatable bonds is 5. The first-order chi connectivity index (χ1) is 17.9. The number of carbonyl (C=O) groups is 4. The maximum Gasteiger partial charge on any atom is 0.232 e. The smallest absolute Gasteiger partial charge is 0.232 e. The second-order valence-electron chi connectivity index (χ2n) is 9.88. The molecule has 2 aromatic carbocycles. The summed E-state index contributed by atoms with van der Waals surface area (Å²) in [5.41, 5.74) is -0.596. The van der Waals surface area contributed by atoms with Gasteiger partial charge < -0.3 is 25.6 Å². The van der Waals surface area contributed by atoms with Crippen molar-refractivity contribution in [3.8, 4) is 17.2 Å². The summed E-state index contributed by atoms with van der Waals surface area (Å²) in [5, 5.41) is 27.1. The maximum atomic E-state index is 13.8. The van der Waals surface area contributed by atoms with Gasteiger partial charge in [0.25, 0.3) is 0 Å². The average molecular weight is 521 g/mol. The topological polar surface area (TPSA) is 142 Å². The molecule has 4 N–H and O–H groups in total. The molecule has 0 aromatic heterocycles. The molecule has 1 unspecified atom stereocenters. The van der Waals surface area contributed by atoms with E-state index >= 15 is 0 Å². The first-order valence-corrected chi connectivity index (χ1v) is 12.0. The molecule has 1 aliphatic carbocycles. The number of ketones is 3. The van der Waals surface area contributed by atoms with E-state index in [4.69, 9.17) is 4.74 Å². The Bertz CT molecular complexity index is 1550. The zero-order valence-electron chi connectivity index (χ0n) is 21.1. The fourth-order valence-electron chi connectivity index (χ4n) is 5.44. The molecule has 2 heterocycles. The van der Waals surface area contributed by atoms with Gasteiger partial charge in [-0.25, -0.2) is 4.39 Å². The number of halogens is 1. The Morgan fingerprint density at radius 3 is 2.58 bits per heavy atom. The number of allylic oxidation sites excluding steroid dienone is 4. The number of Topliss-reactive ketones (excluding diaryl/α,β-unsaturated/α-hetero) is 2. The fourth-order valence-corrected chi connectivity index (χ4v) is 5.44. The minimum atomic E-state index is -1.62. The highest BCUT2D eigenvalue weighted by Gasteiger charge is 2.56. The quantitative estimate of drug-likeness (QED) is 0.267. The lowest BCUT2D eigenvalue weighted by molar-refractivity contribution is -0.123. The van der Waals surface area contributed by atoms with E-state index in [1.165, 1.54) is 39.0 Å². The van der Waals surface area contributed by atoms with Gasteiger partial charge in [-0.1, -0.05) is 0 Å². The van der Waals surface area contributed by atoms with Gasteiger partial charge in [0.05, 0.1) is 17.1 Å². The van der Waals surface area contributed by atoms with Gasteiger partial charge in [0, 0.05) is 29.6 Å². The van der Waals surface area contributed by atoms with E-state index in [2.05, 4.69) is 10.6 Å². The zero-order valence-corrected chi connectivity index (χ0v) is 21.1. The minimum Gasteiger partial charge on any atom is -0.507 e. The molecule has 2 atom stereocenters. The van der Waals surface area contributed by atoms with Gasteiger partial charge in [0.1, 0.15) is 39.8 Å². The Morgan fingerprint density at radius 1 is 1.18 bits per heavy atom. The number of hydrogen-bond acceptors (Lipinski definition) is 8. The highest BCUT2D eigenvalue weighted by molar-refractivity contribution is 6.31. The summed E-state index contributed by atoms with van der Waals surface area (Å²) in [4.78, 5) is 51.6. The molecule has 0 fully saturated rings. The molecule has 38 heavy (non-hydrogen) atoms. The molecule has 196 valence electrons. The molecule has 10 heteroatoms. The maximum absolute atomic E-state index is 13.8. The van der Waals surface area contributed by atoms with Crippen molar-refractivity contribution in [2.24, 2.45) is 0 Å². The van der Waals surface area contributed by atoms with Crippen LogP contribution in [0.5, 0.6) is 17.2 Å². The molecule has 2 aromatic rings. The standard InChI is InChI=1S/C28H25FN2O7/c1-11-23(34)21(13(3)32)25-22(24(11)35)28(4)19(38-25)10-18(33)20(26(28)36)12(2)30-8-7-15-16-9-14(29)5-6-17(16)31-27(15)37/h5-6,9-10,15,30,34-35H,7-8H2,1-4H3,(H,31,37)/b20-12+/t15?,28-/m1/s1. The molecule has 9 nitrogen and oxygen atoms in total. The molecule has 2 aliphatic heterocycles. The second kappa shape index (κ2) is 8.54. The van der Waals surface area contributed by atoms with E-state index in [1.807, 2.05) is 0 Å². The van der Waals surface area contributed by atoms with Crippen molar-refractivity contribution in [2.45, 2.75) is 45.4 Å². The number of phenolic OH excluding ortho intramolecular Hbond substituents is 2. The summed E-state index contributed by atoms with van der Waals surface area (Å²) in [7, 11) is 0. The number of anilines is 1. The molecule has 1 amide bonds. The first-order valence-electron chi connectivity index (χ1n) is 12.0. The van der Waals surface area contributed by atoms with E-state index in [-0.39, 0.29) is 58.3 Å². The van der Waals surface area contributed by atoms with Gasteiger partial charge in [-0.15, -0.1) is 0 Å². The van der Waals surface area contributed by atoms with Crippen LogP contribution in [0, 0.1) is 12.7 Å². The van der Waals surface area contributed by atoms with Crippen LogP contribution >= 0.6 is 0 Å². The summed E-state index contributed by atoms with van der Waals surface area (Å²) < 4.78 is 19.5. The number of hydrogen-bond donors (Lipinski definition) is 4. The molecule has 0 radical (unpaired) electrons. The monoisotopic (exact) mass is 520 g/mol. The number of amides is 1. The Labute approximate surface area is 217 Å². The summed E-state index contributed by atoms with van der Waals surface area (Å²) in [6.07, 6.45) is 1.42. The van der Waals surface area contributed by atoms with E-state index in [9.17, 15) is 33.8 Å². The lowest BCUT2D eigenvalue weighted by Crippen LogP contribution is -2.41. The molecule has 0 saturated carbocycles. The summed E-state index contributed by atoms with van der Waals surface area (Å²) in [6, 6.07) is 4.08. The third-order valence-corrected chi connectivity index (χ3v) is 7.55. The van der Waals surface area contributed by atoms with Crippen molar-refractivity contribution >= 4 is 28.9 Å². The Balaban J connectivity index is 1.47. The SMILES string of the molecule is CC(=O)c1c(O)c(C)c(O)c2c1OC1=CC(=O)/C(=C(/C)NCCC3C(=O)Nc4ccc(F)cc43)C(=O)[C@]12C. The number of nitrogens with one attached hydrogen (secondary N) is 2. The van der Waals surface area contributed by atoms with Crippen molar-refractivity contribution in [3.05, 3.63) is 69.4 Å². The van der Waals surface area contributed by atoms with Crippen LogP contribution in [0.1, 0.15) is 60.2 Å². The minimum absolute atomic E-state index is 0.00769. The van der Waals surface area contributed by atoms with Gasteiger partial charge in [0.2, 0.25) is 5.91 Å². The number of carbonyl (C=O) groups excluding carboxylic acids is 4. The fraction of sp³-hybridized carbons (Fsp3) is 0.286. The number of phenols is 2.